The Kier molecular flexibility index (Phi) is 6.74. The summed E-state index contributed by atoms with van der Waals surface area (Å²) in [7, 11) is 0. The predicted molar refractivity (Wildman–Crippen MR) is 49.1 cm³/mol. The summed E-state index contributed by atoms with van der Waals surface area (Å²) in [4.78, 5) is 0. The molecule has 0 aromatic carbocycles. The first-order valence-electron chi connectivity index (χ1n) is 2.38. The van der Waals surface area contributed by atoms with E-state index in [4.69, 9.17) is 0 Å². The molecule has 3 heteroatoms. The maximum absolute atomic E-state index is 4.13. The van der Waals surface area contributed by atoms with Gasteiger partial charge in [-0.05, 0) is 18.2 Å². The zero-order valence-corrected chi connectivity index (χ0v) is 7.79. The Morgan fingerprint density at radius 3 is 2.62 bits per heavy atom. The Morgan fingerprint density at radius 2 is 2.25 bits per heavy atom. The Bertz CT molecular complexity index is 70.8. The van der Waals surface area contributed by atoms with E-state index in [1.54, 1.807) is 5.41 Å². The molecule has 1 unspecified atom stereocenters. The van der Waals surface area contributed by atoms with Gasteiger partial charge in [0.25, 0.3) is 0 Å². The van der Waals surface area contributed by atoms with Crippen LogP contribution >= 0.6 is 41.2 Å². The van der Waals surface area contributed by atoms with Gasteiger partial charge >= 0.3 is 0 Å². The fourth-order valence-electron chi connectivity index (χ4n) is 0.308. The zero-order valence-electron chi connectivity index (χ0n) is 4.42. The topological polar surface area (TPSA) is 0 Å². The fourth-order valence-corrected chi connectivity index (χ4v) is 0.871. The molecule has 0 saturated carbocycles. The first kappa shape index (κ1) is 8.92. The van der Waals surface area contributed by atoms with Crippen molar-refractivity contribution in [3.63, 3.8) is 0 Å². The van der Waals surface area contributed by atoms with Gasteiger partial charge < -0.3 is 0 Å². The third kappa shape index (κ3) is 6.92. The smallest absolute Gasteiger partial charge is 0.0573 e. The summed E-state index contributed by atoms with van der Waals surface area (Å²) in [6.07, 6.45) is 4.11. The number of rotatable bonds is 3. The zero-order chi connectivity index (χ0) is 6.41. The minimum Gasteiger partial charge on any atom is -0.164 e. The van der Waals surface area contributed by atoms with E-state index in [0.717, 1.165) is 12.8 Å². The summed E-state index contributed by atoms with van der Waals surface area (Å²) in [5, 5.41) is 1.75. The molecule has 0 aliphatic carbocycles. The maximum atomic E-state index is 4.13. The molecule has 0 amide bonds. The highest BCUT2D eigenvalue weighted by Crippen LogP contribution is 2.11. The van der Waals surface area contributed by atoms with Crippen molar-refractivity contribution in [3.8, 4) is 0 Å². The van der Waals surface area contributed by atoms with E-state index >= 15 is 0 Å². The SMILES string of the molecule is S/C=C\CCC(S)Br. The lowest BCUT2D eigenvalue weighted by atomic mass is 10.3. The van der Waals surface area contributed by atoms with Gasteiger partial charge in [-0.25, -0.2) is 0 Å². The first-order chi connectivity index (χ1) is 3.77. The van der Waals surface area contributed by atoms with Crippen LogP contribution in [0.5, 0.6) is 0 Å². The first-order valence-corrected chi connectivity index (χ1v) is 4.33. The van der Waals surface area contributed by atoms with Gasteiger partial charge in [0.05, 0.1) is 4.16 Å². The molecule has 1 atom stereocenters. The third-order valence-electron chi connectivity index (χ3n) is 0.677. The van der Waals surface area contributed by atoms with Crippen LogP contribution in [0.3, 0.4) is 0 Å². The molecule has 8 heavy (non-hydrogen) atoms. The average molecular weight is 213 g/mol. The molecule has 0 aromatic rings. The highest BCUT2D eigenvalue weighted by Gasteiger charge is 1.90. The molecule has 0 aliphatic heterocycles. The number of hydrogen-bond donors (Lipinski definition) is 2. The van der Waals surface area contributed by atoms with Crippen molar-refractivity contribution in [2.75, 3.05) is 0 Å². The van der Waals surface area contributed by atoms with E-state index in [9.17, 15) is 0 Å². The minimum atomic E-state index is 0.326. The lowest BCUT2D eigenvalue weighted by Crippen LogP contribution is -1.81. The molecule has 0 heterocycles. The van der Waals surface area contributed by atoms with E-state index in [0.29, 0.717) is 4.16 Å². The molecular weight excluding hydrogens is 204 g/mol. The molecule has 0 saturated heterocycles. The standard InChI is InChI=1S/C5H9BrS2/c6-5(8)3-1-2-4-7/h2,4-5,7-8H,1,3H2/b4-2-. The molecule has 0 spiro atoms. The average Bonchev–Trinajstić information content (AvgIpc) is 1.66. The van der Waals surface area contributed by atoms with Crippen molar-refractivity contribution in [2.45, 2.75) is 17.0 Å². The summed E-state index contributed by atoms with van der Waals surface area (Å²) >= 11 is 11.3. The van der Waals surface area contributed by atoms with Crippen LogP contribution < -0.4 is 0 Å². The number of halogens is 1. The van der Waals surface area contributed by atoms with Gasteiger partial charge in [-0.15, -0.1) is 0 Å². The van der Waals surface area contributed by atoms with Gasteiger partial charge in [0.2, 0.25) is 0 Å². The second-order valence-electron chi connectivity index (χ2n) is 1.40. The summed E-state index contributed by atoms with van der Waals surface area (Å²) in [6, 6.07) is 0. The van der Waals surface area contributed by atoms with E-state index in [-0.39, 0.29) is 0 Å². The van der Waals surface area contributed by atoms with Crippen LogP contribution in [-0.2, 0) is 0 Å². The number of allylic oxidation sites excluding steroid dienone is 1. The monoisotopic (exact) mass is 212 g/mol. The van der Waals surface area contributed by atoms with E-state index in [1.165, 1.54) is 0 Å². The van der Waals surface area contributed by atoms with Crippen LogP contribution in [0.4, 0.5) is 0 Å². The quantitative estimate of drug-likeness (QED) is 0.522. The van der Waals surface area contributed by atoms with Crippen LogP contribution in [0, 0.1) is 0 Å². The van der Waals surface area contributed by atoms with Crippen LogP contribution in [0.1, 0.15) is 12.8 Å². The lowest BCUT2D eigenvalue weighted by Gasteiger charge is -1.94. The maximum Gasteiger partial charge on any atom is 0.0573 e. The molecule has 48 valence electrons. The molecule has 0 fully saturated rings. The summed E-state index contributed by atoms with van der Waals surface area (Å²) in [5.74, 6) is 0. The van der Waals surface area contributed by atoms with Gasteiger partial charge in [0.1, 0.15) is 0 Å². The Hall–Kier alpha value is 0.920. The van der Waals surface area contributed by atoms with Crippen LogP contribution in [-0.4, -0.2) is 4.16 Å². The largest absolute Gasteiger partial charge is 0.164 e. The second-order valence-corrected chi connectivity index (χ2v) is 4.13. The van der Waals surface area contributed by atoms with Gasteiger partial charge in [0.15, 0.2) is 0 Å². The third-order valence-corrected chi connectivity index (χ3v) is 1.60. The molecule has 0 rings (SSSR count). The fraction of sp³-hybridized carbons (Fsp3) is 0.600. The molecule has 0 aromatic heterocycles. The number of thiol groups is 2. The van der Waals surface area contributed by atoms with Crippen LogP contribution in [0.15, 0.2) is 11.5 Å². The summed E-state index contributed by atoms with van der Waals surface area (Å²) in [6.45, 7) is 0. The van der Waals surface area contributed by atoms with Gasteiger partial charge in [0, 0.05) is 0 Å². The predicted octanol–water partition coefficient (Wildman–Crippen LogP) is 2.86. The van der Waals surface area contributed by atoms with Crippen molar-refractivity contribution in [1.82, 2.24) is 0 Å². The molecule has 0 nitrogen and oxygen atoms in total. The minimum absolute atomic E-state index is 0.326. The highest BCUT2D eigenvalue weighted by atomic mass is 79.9. The summed E-state index contributed by atoms with van der Waals surface area (Å²) in [5.41, 5.74) is 0. The Balaban J connectivity index is 2.93. The van der Waals surface area contributed by atoms with E-state index < -0.39 is 0 Å². The van der Waals surface area contributed by atoms with Crippen LogP contribution in [0.2, 0.25) is 0 Å². The molecule has 0 N–H and O–H groups in total. The molecule has 0 radical (unpaired) electrons. The van der Waals surface area contributed by atoms with Gasteiger partial charge in [-0.2, -0.15) is 25.3 Å². The van der Waals surface area contributed by atoms with Crippen LogP contribution in [0.25, 0.3) is 0 Å². The summed E-state index contributed by atoms with van der Waals surface area (Å²) < 4.78 is 0.326. The van der Waals surface area contributed by atoms with E-state index in [2.05, 4.69) is 41.2 Å². The Labute approximate surface area is 69.7 Å². The molecular formula is C5H9BrS2. The molecule has 0 aliphatic rings. The number of alkyl halides is 1. The molecule has 0 bridgehead atoms. The van der Waals surface area contributed by atoms with Crippen molar-refractivity contribution in [1.29, 1.82) is 0 Å². The van der Waals surface area contributed by atoms with Gasteiger partial charge in [-0.3, -0.25) is 0 Å². The normalized spacial score (nSPS) is 14.9. The van der Waals surface area contributed by atoms with Crippen molar-refractivity contribution < 1.29 is 0 Å². The van der Waals surface area contributed by atoms with Gasteiger partial charge in [-0.1, -0.05) is 22.0 Å². The van der Waals surface area contributed by atoms with Crippen molar-refractivity contribution in [2.24, 2.45) is 0 Å². The van der Waals surface area contributed by atoms with E-state index in [1.807, 2.05) is 6.08 Å². The highest BCUT2D eigenvalue weighted by molar-refractivity contribution is 9.11. The Morgan fingerprint density at radius 1 is 1.62 bits per heavy atom. The lowest BCUT2D eigenvalue weighted by molar-refractivity contribution is 0.952. The number of hydrogen-bond acceptors (Lipinski definition) is 2. The second kappa shape index (κ2) is 6.05. The van der Waals surface area contributed by atoms with Crippen molar-refractivity contribution >= 4 is 41.2 Å². The van der Waals surface area contributed by atoms with Crippen molar-refractivity contribution in [3.05, 3.63) is 11.5 Å².